The Bertz CT molecular complexity index is 839. The molecule has 0 N–H and O–H groups in total. The van der Waals surface area contributed by atoms with Gasteiger partial charge in [0.25, 0.3) is 0 Å². The molecule has 3 aromatic rings. The van der Waals surface area contributed by atoms with Crippen molar-refractivity contribution in [2.24, 2.45) is 0 Å². The molecule has 0 radical (unpaired) electrons. The van der Waals surface area contributed by atoms with Crippen LogP contribution in [0.25, 0.3) is 0 Å². The van der Waals surface area contributed by atoms with Crippen LogP contribution in [0.1, 0.15) is 17.0 Å². The molecule has 4 nitrogen and oxygen atoms in total. The van der Waals surface area contributed by atoms with Gasteiger partial charge in [-0.25, -0.2) is 18.4 Å². The lowest BCUT2D eigenvalue weighted by Crippen LogP contribution is -2.52. The predicted molar refractivity (Wildman–Crippen MR) is 83.2 cm³/mol. The molecule has 0 spiro atoms. The van der Waals surface area contributed by atoms with Gasteiger partial charge in [0.1, 0.15) is 29.9 Å². The molecule has 2 heterocycles. The van der Waals surface area contributed by atoms with E-state index in [1.54, 1.807) is 11.0 Å². The minimum absolute atomic E-state index is 0.0529. The van der Waals surface area contributed by atoms with Gasteiger partial charge in [0, 0.05) is 17.5 Å². The zero-order chi connectivity index (χ0) is 16.6. The zero-order valence-corrected chi connectivity index (χ0v) is 12.8. The lowest BCUT2D eigenvalue weighted by Gasteiger charge is -2.50. The van der Waals surface area contributed by atoms with Crippen molar-refractivity contribution >= 4 is 0 Å². The van der Waals surface area contributed by atoms with Gasteiger partial charge in [-0.05, 0) is 11.6 Å². The zero-order valence-electron chi connectivity index (χ0n) is 12.8. The van der Waals surface area contributed by atoms with E-state index in [-0.39, 0.29) is 5.92 Å². The number of rotatable bonds is 4. The highest BCUT2D eigenvalue weighted by Crippen LogP contribution is 2.50. The molecule has 1 fully saturated rings. The van der Waals surface area contributed by atoms with Crippen molar-refractivity contribution in [3.8, 4) is 0 Å². The van der Waals surface area contributed by atoms with Gasteiger partial charge in [0.05, 0.1) is 13.2 Å². The van der Waals surface area contributed by atoms with Crippen LogP contribution in [0.5, 0.6) is 0 Å². The maximum absolute atomic E-state index is 14.5. The molecule has 1 aliphatic rings. The third-order valence-electron chi connectivity index (χ3n) is 4.52. The summed E-state index contributed by atoms with van der Waals surface area (Å²) in [4.78, 5) is 3.94. The molecule has 0 bridgehead atoms. The monoisotopic (exact) mass is 327 g/mol. The SMILES string of the molecule is Fc1ccc(C2(Cn3cncn3)OCC2c2ccccc2)c(F)c1. The van der Waals surface area contributed by atoms with Gasteiger partial charge in [-0.1, -0.05) is 36.4 Å². The summed E-state index contributed by atoms with van der Waals surface area (Å²) >= 11 is 0. The van der Waals surface area contributed by atoms with Crippen molar-refractivity contribution in [2.45, 2.75) is 18.1 Å². The van der Waals surface area contributed by atoms with E-state index in [1.807, 2.05) is 30.3 Å². The summed E-state index contributed by atoms with van der Waals surface area (Å²) < 4.78 is 35.4. The molecule has 24 heavy (non-hydrogen) atoms. The fourth-order valence-electron chi connectivity index (χ4n) is 3.31. The number of ether oxygens (including phenoxy) is 1. The fraction of sp³-hybridized carbons (Fsp3) is 0.222. The topological polar surface area (TPSA) is 39.9 Å². The van der Waals surface area contributed by atoms with Crippen molar-refractivity contribution < 1.29 is 13.5 Å². The van der Waals surface area contributed by atoms with E-state index >= 15 is 0 Å². The Kier molecular flexibility index (Phi) is 3.61. The highest BCUT2D eigenvalue weighted by Gasteiger charge is 2.52. The van der Waals surface area contributed by atoms with Crippen molar-refractivity contribution in [3.05, 3.63) is 83.9 Å². The highest BCUT2D eigenvalue weighted by atomic mass is 19.1. The third-order valence-corrected chi connectivity index (χ3v) is 4.52. The Morgan fingerprint density at radius 1 is 1.17 bits per heavy atom. The summed E-state index contributed by atoms with van der Waals surface area (Å²) in [6.07, 6.45) is 2.98. The van der Waals surface area contributed by atoms with E-state index in [0.29, 0.717) is 18.7 Å². The highest BCUT2D eigenvalue weighted by molar-refractivity contribution is 5.35. The molecular weight excluding hydrogens is 312 g/mol. The van der Waals surface area contributed by atoms with Gasteiger partial charge in [0.2, 0.25) is 0 Å². The van der Waals surface area contributed by atoms with E-state index in [1.165, 1.54) is 18.5 Å². The maximum Gasteiger partial charge on any atom is 0.137 e. The Labute approximate surface area is 137 Å². The number of hydrogen-bond donors (Lipinski definition) is 0. The molecule has 0 amide bonds. The number of halogens is 2. The standard InChI is InChI=1S/C18H15F2N3O/c19-14-6-7-15(17(20)8-14)18(10-23-12-21-11-22-23)16(9-24-18)13-4-2-1-3-5-13/h1-8,11-12,16H,9-10H2. The molecule has 1 aromatic heterocycles. The molecular formula is C18H15F2N3O. The number of nitrogens with zero attached hydrogens (tertiary/aromatic N) is 3. The smallest absolute Gasteiger partial charge is 0.137 e. The molecule has 1 saturated heterocycles. The van der Waals surface area contributed by atoms with Crippen molar-refractivity contribution in [3.63, 3.8) is 0 Å². The quantitative estimate of drug-likeness (QED) is 0.738. The van der Waals surface area contributed by atoms with Crippen LogP contribution in [0, 0.1) is 11.6 Å². The summed E-state index contributed by atoms with van der Waals surface area (Å²) in [7, 11) is 0. The average Bonchev–Trinajstić information content (AvgIpc) is 3.06. The van der Waals surface area contributed by atoms with Gasteiger partial charge >= 0.3 is 0 Å². The molecule has 0 saturated carbocycles. The van der Waals surface area contributed by atoms with Gasteiger partial charge in [0.15, 0.2) is 0 Å². The summed E-state index contributed by atoms with van der Waals surface area (Å²) in [6, 6.07) is 13.4. The molecule has 1 aliphatic heterocycles. The van der Waals surface area contributed by atoms with Crippen LogP contribution in [-0.4, -0.2) is 21.4 Å². The van der Waals surface area contributed by atoms with E-state index in [9.17, 15) is 8.78 Å². The lowest BCUT2D eigenvalue weighted by molar-refractivity contribution is -0.190. The average molecular weight is 327 g/mol. The predicted octanol–water partition coefficient (Wildman–Crippen LogP) is 3.27. The number of aromatic nitrogens is 3. The van der Waals surface area contributed by atoms with Crippen molar-refractivity contribution in [1.29, 1.82) is 0 Å². The first kappa shape index (κ1) is 15.0. The summed E-state index contributed by atoms with van der Waals surface area (Å²) in [5.41, 5.74) is 0.444. The molecule has 2 atom stereocenters. The van der Waals surface area contributed by atoms with Crippen LogP contribution in [0.3, 0.4) is 0 Å². The van der Waals surface area contributed by atoms with E-state index in [0.717, 1.165) is 11.6 Å². The van der Waals surface area contributed by atoms with Crippen LogP contribution < -0.4 is 0 Å². The molecule has 6 heteroatoms. The van der Waals surface area contributed by atoms with Crippen molar-refractivity contribution in [1.82, 2.24) is 14.8 Å². The third kappa shape index (κ3) is 2.39. The van der Waals surface area contributed by atoms with E-state index < -0.39 is 17.2 Å². The molecule has 2 aromatic carbocycles. The number of hydrogen-bond acceptors (Lipinski definition) is 3. The normalized spacial score (nSPS) is 23.0. The van der Waals surface area contributed by atoms with Crippen LogP contribution in [0.4, 0.5) is 8.78 Å². The second-order valence-corrected chi connectivity index (χ2v) is 5.88. The van der Waals surface area contributed by atoms with Crippen LogP contribution in [-0.2, 0) is 16.9 Å². The Hall–Kier alpha value is -2.60. The van der Waals surface area contributed by atoms with E-state index in [2.05, 4.69) is 10.1 Å². The minimum Gasteiger partial charge on any atom is -0.367 e. The van der Waals surface area contributed by atoms with Gasteiger partial charge in [-0.2, -0.15) is 5.10 Å². The number of benzene rings is 2. The Balaban J connectivity index is 1.81. The van der Waals surface area contributed by atoms with Crippen LogP contribution >= 0.6 is 0 Å². The second-order valence-electron chi connectivity index (χ2n) is 5.88. The fourth-order valence-corrected chi connectivity index (χ4v) is 3.31. The first-order chi connectivity index (χ1) is 11.7. The first-order valence-electron chi connectivity index (χ1n) is 7.66. The molecule has 4 rings (SSSR count). The first-order valence-corrected chi connectivity index (χ1v) is 7.66. The molecule has 2 unspecified atom stereocenters. The van der Waals surface area contributed by atoms with Gasteiger partial charge in [-0.15, -0.1) is 0 Å². The minimum atomic E-state index is -0.938. The second kappa shape index (κ2) is 5.79. The van der Waals surface area contributed by atoms with Gasteiger partial charge < -0.3 is 4.74 Å². The summed E-state index contributed by atoms with van der Waals surface area (Å²) in [5.74, 6) is -1.28. The molecule has 0 aliphatic carbocycles. The lowest BCUT2D eigenvalue weighted by atomic mass is 9.73. The van der Waals surface area contributed by atoms with Crippen molar-refractivity contribution in [2.75, 3.05) is 6.61 Å². The molecule has 122 valence electrons. The largest absolute Gasteiger partial charge is 0.367 e. The Morgan fingerprint density at radius 3 is 2.62 bits per heavy atom. The maximum atomic E-state index is 14.5. The van der Waals surface area contributed by atoms with Gasteiger partial charge in [-0.3, -0.25) is 0 Å². The van der Waals surface area contributed by atoms with Crippen LogP contribution in [0.15, 0.2) is 61.2 Å². The summed E-state index contributed by atoms with van der Waals surface area (Å²) in [6.45, 7) is 0.768. The Morgan fingerprint density at radius 2 is 2.00 bits per heavy atom. The van der Waals surface area contributed by atoms with E-state index in [4.69, 9.17) is 4.74 Å². The summed E-state index contributed by atoms with van der Waals surface area (Å²) in [5, 5.41) is 4.11. The van der Waals surface area contributed by atoms with Crippen LogP contribution in [0.2, 0.25) is 0 Å².